The molecule has 0 heterocycles. The van der Waals surface area contributed by atoms with Crippen LogP contribution in [0.5, 0.6) is 0 Å². The molecule has 0 aliphatic heterocycles. The minimum atomic E-state index is -2.09. The molecule has 0 unspecified atom stereocenters. The Balaban J connectivity index is 1.36. The molecule has 278 valence electrons. The molecule has 0 fully saturated rings. The van der Waals surface area contributed by atoms with Gasteiger partial charge in [0, 0.05) is 0 Å². The summed E-state index contributed by atoms with van der Waals surface area (Å²) in [6, 6.07) is 95.4. The summed E-state index contributed by atoms with van der Waals surface area (Å²) in [6.45, 7) is 0. The number of anilines is 3. The molecule has 0 atom stereocenters. The molecule has 0 saturated carbocycles. The van der Waals surface area contributed by atoms with Crippen LogP contribution in [0.2, 0.25) is 0 Å². The zero-order chi connectivity index (χ0) is 38.9. The van der Waals surface area contributed by atoms with Crippen molar-refractivity contribution in [2.45, 2.75) is 0 Å². The number of nitrogens with zero attached hydrogens (tertiary/aromatic N) is 1. The van der Waals surface area contributed by atoms with Crippen LogP contribution < -0.4 is 44.1 Å². The van der Waals surface area contributed by atoms with Crippen molar-refractivity contribution in [3.63, 3.8) is 0 Å². The second kappa shape index (κ2) is 18.4. The molecule has 0 amide bonds. The van der Waals surface area contributed by atoms with Crippen LogP contribution in [0.1, 0.15) is 0 Å². The summed E-state index contributed by atoms with van der Waals surface area (Å²) in [7, 11) is 0. The molecule has 0 aliphatic carbocycles. The maximum absolute atomic E-state index is 2.68. The maximum atomic E-state index is 2.68. The molecular weight excluding hydrogens is 887 g/mol. The summed E-state index contributed by atoms with van der Waals surface area (Å²) in [5.41, 5.74) is 3.75. The Hall–Kier alpha value is -5.54. The van der Waals surface area contributed by atoms with Crippen molar-refractivity contribution in [3.05, 3.63) is 255 Å². The second-order valence-corrected chi connectivity index (χ2v) is 27.6. The van der Waals surface area contributed by atoms with Crippen molar-refractivity contribution >= 4 is 100 Å². The van der Waals surface area contributed by atoms with E-state index in [1.54, 1.807) is 0 Å². The average Bonchev–Trinajstić information content (AvgIpc) is 3.30. The zero-order valence-corrected chi connectivity index (χ0v) is 37.7. The summed E-state index contributed by atoms with van der Waals surface area (Å²) >= 11 is -6.26. The molecule has 0 saturated heterocycles. The van der Waals surface area contributed by atoms with E-state index in [1.165, 1.54) is 56.2 Å². The first-order valence-electron chi connectivity index (χ1n) is 19.6. The topological polar surface area (TPSA) is 3.24 Å². The van der Waals surface area contributed by atoms with Crippen molar-refractivity contribution < 1.29 is 0 Å². The first-order chi connectivity index (χ1) is 28.8. The van der Waals surface area contributed by atoms with Gasteiger partial charge in [0.25, 0.3) is 0 Å². The van der Waals surface area contributed by atoms with Gasteiger partial charge in [0.15, 0.2) is 0 Å². The van der Waals surface area contributed by atoms with Crippen molar-refractivity contribution in [1.82, 2.24) is 0 Å². The average molecular weight is 930 g/mol. The summed E-state index contributed by atoms with van der Waals surface area (Å²) in [5.74, 6) is 0. The Bertz CT molecular complexity index is 2260. The van der Waals surface area contributed by atoms with E-state index in [0.717, 1.165) is 0 Å². The van der Waals surface area contributed by atoms with Gasteiger partial charge in [-0.25, -0.2) is 0 Å². The van der Waals surface area contributed by atoms with Crippen LogP contribution in [0, 0.1) is 0 Å². The van der Waals surface area contributed by atoms with E-state index in [9.17, 15) is 0 Å². The van der Waals surface area contributed by atoms with E-state index in [1.807, 2.05) is 0 Å². The van der Waals surface area contributed by atoms with Crippen molar-refractivity contribution in [1.29, 1.82) is 0 Å². The van der Waals surface area contributed by atoms with Crippen LogP contribution in [0.25, 0.3) is 0 Å². The van der Waals surface area contributed by atoms with E-state index >= 15 is 0 Å². The fraction of sp³-hybridized carbons (Fsp3) is 0. The predicted molar refractivity (Wildman–Crippen MR) is 254 cm³/mol. The third-order valence-electron chi connectivity index (χ3n) is 10.2. The minimum absolute atomic E-state index is 1.25. The van der Waals surface area contributed by atoms with Gasteiger partial charge in [-0.15, -0.1) is 0 Å². The van der Waals surface area contributed by atoms with E-state index < -0.39 is 44.0 Å². The SMILES string of the molecule is c1ccc([As](c2ccccc2)c2ccccc2N(c2ccccc2[As](c2ccccc2)c2ccccc2)c2ccccc2[As](c2ccccc2)c2ccccc2)cc1. The number of hydrogen-bond donors (Lipinski definition) is 0. The summed E-state index contributed by atoms with van der Waals surface area (Å²) in [6.07, 6.45) is 0. The Morgan fingerprint density at radius 3 is 0.569 bits per heavy atom. The van der Waals surface area contributed by atoms with Gasteiger partial charge < -0.3 is 0 Å². The first-order valence-corrected chi connectivity index (χ1v) is 28.1. The summed E-state index contributed by atoms with van der Waals surface area (Å²) in [5, 5.41) is 0. The van der Waals surface area contributed by atoms with Crippen molar-refractivity contribution in [2.24, 2.45) is 0 Å². The molecule has 4 heteroatoms. The summed E-state index contributed by atoms with van der Waals surface area (Å²) < 4.78 is 12.7. The number of benzene rings is 9. The molecule has 0 bridgehead atoms. The monoisotopic (exact) mass is 929 g/mol. The summed E-state index contributed by atoms with van der Waals surface area (Å²) in [4.78, 5) is 2.68. The Kier molecular flexibility index (Phi) is 12.0. The van der Waals surface area contributed by atoms with Crippen LogP contribution in [-0.2, 0) is 0 Å². The fourth-order valence-electron chi connectivity index (χ4n) is 7.66. The van der Waals surface area contributed by atoms with Gasteiger partial charge in [-0.1, -0.05) is 0 Å². The van der Waals surface area contributed by atoms with Crippen LogP contribution >= 0.6 is 0 Å². The molecule has 0 spiro atoms. The Labute approximate surface area is 357 Å². The van der Waals surface area contributed by atoms with Gasteiger partial charge in [0.1, 0.15) is 0 Å². The van der Waals surface area contributed by atoms with Crippen molar-refractivity contribution in [3.8, 4) is 0 Å². The van der Waals surface area contributed by atoms with Gasteiger partial charge >= 0.3 is 360 Å². The molecule has 0 N–H and O–H groups in total. The van der Waals surface area contributed by atoms with Crippen molar-refractivity contribution in [2.75, 3.05) is 4.90 Å². The standard InChI is InChI=1S/C54H42As3N/c1-7-25-43(26-8-1)55(44-27-9-2-10-28-44)49-37-19-22-40-52(49)58(53-41-23-20-38-50(53)56(45-29-11-3-12-30-45)46-31-13-4-14-32-46)54-42-24-21-39-51(54)57(47-33-15-5-16-34-47)48-35-17-6-18-36-48/h1-42H. The molecule has 9 rings (SSSR count). The second-order valence-electron chi connectivity index (χ2n) is 13.8. The molecule has 0 aromatic heterocycles. The number of rotatable bonds is 12. The third kappa shape index (κ3) is 8.10. The molecule has 9 aromatic carbocycles. The van der Waals surface area contributed by atoms with Crippen LogP contribution in [0.3, 0.4) is 0 Å². The molecule has 0 aliphatic rings. The molecule has 58 heavy (non-hydrogen) atoms. The molecule has 0 radical (unpaired) electrons. The quantitative estimate of drug-likeness (QED) is 0.124. The van der Waals surface area contributed by atoms with E-state index in [4.69, 9.17) is 0 Å². The zero-order valence-electron chi connectivity index (χ0n) is 32.0. The van der Waals surface area contributed by atoms with E-state index in [2.05, 4.69) is 260 Å². The van der Waals surface area contributed by atoms with Crippen LogP contribution in [0.15, 0.2) is 255 Å². The van der Waals surface area contributed by atoms with Crippen LogP contribution in [-0.4, -0.2) is 44.0 Å². The van der Waals surface area contributed by atoms with Gasteiger partial charge in [0.2, 0.25) is 0 Å². The van der Waals surface area contributed by atoms with Gasteiger partial charge in [0.05, 0.1) is 0 Å². The molecule has 9 aromatic rings. The number of hydrogen-bond acceptors (Lipinski definition) is 1. The number of para-hydroxylation sites is 3. The Morgan fingerprint density at radius 2 is 0.362 bits per heavy atom. The van der Waals surface area contributed by atoms with Gasteiger partial charge in [-0.2, -0.15) is 0 Å². The predicted octanol–water partition coefficient (Wildman–Crippen LogP) is 6.71. The van der Waals surface area contributed by atoms with E-state index in [0.29, 0.717) is 0 Å². The van der Waals surface area contributed by atoms with Gasteiger partial charge in [-0.05, 0) is 0 Å². The van der Waals surface area contributed by atoms with Crippen LogP contribution in [0.4, 0.5) is 17.1 Å². The van der Waals surface area contributed by atoms with Gasteiger partial charge in [-0.3, -0.25) is 0 Å². The molecular formula is C54H42As3N. The third-order valence-corrected chi connectivity index (χ3v) is 25.8. The Morgan fingerprint density at radius 1 is 0.190 bits per heavy atom. The van der Waals surface area contributed by atoms with E-state index in [-0.39, 0.29) is 0 Å². The molecule has 1 nitrogen and oxygen atoms in total. The normalized spacial score (nSPS) is 11.2. The fourth-order valence-corrected chi connectivity index (χ4v) is 23.0. The first kappa shape index (κ1) is 38.0.